The van der Waals surface area contributed by atoms with Crippen molar-refractivity contribution in [2.45, 2.75) is 0 Å². The van der Waals surface area contributed by atoms with Gasteiger partial charge in [0.05, 0.1) is 0 Å². The second-order valence-electron chi connectivity index (χ2n) is 6.47. The molecule has 0 bridgehead atoms. The maximum absolute atomic E-state index is 12.8. The van der Waals surface area contributed by atoms with E-state index in [0.717, 1.165) is 5.82 Å². The van der Waals surface area contributed by atoms with E-state index in [0.29, 0.717) is 43.5 Å². The maximum Gasteiger partial charge on any atom is 0.274 e. The monoisotopic (exact) mass is 404 g/mol. The molecule has 0 aromatic carbocycles. The van der Waals surface area contributed by atoms with Crippen LogP contribution in [0.4, 0.5) is 5.82 Å². The van der Waals surface area contributed by atoms with E-state index in [1.54, 1.807) is 28.0 Å². The average Bonchev–Trinajstić information content (AvgIpc) is 3.54. The quantitative estimate of drug-likeness (QED) is 0.433. The van der Waals surface area contributed by atoms with Crippen molar-refractivity contribution in [2.24, 2.45) is 0 Å². The first-order valence-electron chi connectivity index (χ1n) is 9.18. The van der Waals surface area contributed by atoms with Gasteiger partial charge in [0.15, 0.2) is 17.3 Å². The van der Waals surface area contributed by atoms with Crippen LogP contribution < -0.4 is 4.90 Å². The molecule has 1 aliphatic rings. The zero-order valence-corrected chi connectivity index (χ0v) is 15.7. The number of anilines is 1. The zero-order valence-electron chi connectivity index (χ0n) is 15.7. The molecule has 30 heavy (non-hydrogen) atoms. The standard InChI is InChI=1S/C17H16N12O/c30-17(13-1-2-14(25-24-13)28-11-18-8-22-28)27-5-3-26(4-6-27)15-7-16(21-10-20-15)29-12-19-9-23-29/h1-2,7-12H,3-6H2. The van der Waals surface area contributed by atoms with Crippen LogP contribution in [0, 0.1) is 0 Å². The van der Waals surface area contributed by atoms with E-state index in [1.807, 2.05) is 6.07 Å². The molecule has 13 nitrogen and oxygen atoms in total. The highest BCUT2D eigenvalue weighted by molar-refractivity contribution is 5.92. The van der Waals surface area contributed by atoms with Crippen molar-refractivity contribution >= 4 is 11.7 Å². The number of amides is 1. The van der Waals surface area contributed by atoms with Gasteiger partial charge in [0.1, 0.15) is 37.5 Å². The van der Waals surface area contributed by atoms with Gasteiger partial charge in [-0.25, -0.2) is 29.3 Å². The van der Waals surface area contributed by atoms with E-state index >= 15 is 0 Å². The first-order chi connectivity index (χ1) is 14.8. The third-order valence-electron chi connectivity index (χ3n) is 4.71. The molecule has 1 saturated heterocycles. The van der Waals surface area contributed by atoms with Crippen LogP contribution in [-0.4, -0.2) is 86.7 Å². The molecule has 1 amide bonds. The fourth-order valence-corrected chi connectivity index (χ4v) is 3.15. The average molecular weight is 404 g/mol. The minimum atomic E-state index is -0.154. The number of hydrogen-bond donors (Lipinski definition) is 0. The highest BCUT2D eigenvalue weighted by atomic mass is 16.2. The third kappa shape index (κ3) is 3.43. The van der Waals surface area contributed by atoms with E-state index in [2.05, 4.69) is 45.2 Å². The second kappa shape index (κ2) is 7.62. The molecular weight excluding hydrogens is 388 g/mol. The topological polar surface area (TPSA) is 137 Å². The molecule has 0 aliphatic carbocycles. The van der Waals surface area contributed by atoms with Gasteiger partial charge in [-0.15, -0.1) is 10.2 Å². The van der Waals surface area contributed by atoms with Crippen molar-refractivity contribution in [3.63, 3.8) is 0 Å². The second-order valence-corrected chi connectivity index (χ2v) is 6.47. The SMILES string of the molecule is O=C(c1ccc(-n2cncn2)nn1)N1CCN(c2cc(-n3cncn3)ncn2)CC1. The molecule has 1 fully saturated rings. The normalized spacial score (nSPS) is 14.1. The lowest BCUT2D eigenvalue weighted by Crippen LogP contribution is -2.49. The molecule has 4 aromatic heterocycles. The number of rotatable bonds is 4. The van der Waals surface area contributed by atoms with Crippen molar-refractivity contribution in [1.29, 1.82) is 0 Å². The van der Waals surface area contributed by atoms with Crippen molar-refractivity contribution in [1.82, 2.24) is 54.6 Å². The Kier molecular flexibility index (Phi) is 4.51. The van der Waals surface area contributed by atoms with Crippen LogP contribution in [0.3, 0.4) is 0 Å². The zero-order chi connectivity index (χ0) is 20.3. The Hall–Kier alpha value is -4.29. The summed E-state index contributed by atoms with van der Waals surface area (Å²) in [6, 6.07) is 5.19. The summed E-state index contributed by atoms with van der Waals surface area (Å²) in [6.45, 7) is 2.38. The van der Waals surface area contributed by atoms with Gasteiger partial charge in [0.25, 0.3) is 5.91 Å². The molecule has 150 valence electrons. The molecule has 5 heterocycles. The van der Waals surface area contributed by atoms with Crippen molar-refractivity contribution in [3.05, 3.63) is 55.5 Å². The fraction of sp³-hybridized carbons (Fsp3) is 0.235. The number of carbonyl (C=O) groups excluding carboxylic acids is 1. The summed E-state index contributed by atoms with van der Waals surface area (Å²) in [5.74, 6) is 1.76. The lowest BCUT2D eigenvalue weighted by molar-refractivity contribution is 0.0739. The number of piperazine rings is 1. The Morgan fingerprint density at radius 2 is 1.47 bits per heavy atom. The van der Waals surface area contributed by atoms with E-state index in [9.17, 15) is 4.79 Å². The highest BCUT2D eigenvalue weighted by Crippen LogP contribution is 2.16. The summed E-state index contributed by atoms with van der Waals surface area (Å²) < 4.78 is 3.06. The molecular formula is C17H16N12O. The molecule has 0 saturated carbocycles. The van der Waals surface area contributed by atoms with Gasteiger partial charge in [-0.05, 0) is 12.1 Å². The first-order valence-corrected chi connectivity index (χ1v) is 9.18. The van der Waals surface area contributed by atoms with Gasteiger partial charge in [-0.3, -0.25) is 4.79 Å². The number of carbonyl (C=O) groups is 1. The van der Waals surface area contributed by atoms with E-state index in [-0.39, 0.29) is 5.91 Å². The smallest absolute Gasteiger partial charge is 0.274 e. The van der Waals surface area contributed by atoms with Crippen LogP contribution >= 0.6 is 0 Å². The molecule has 0 N–H and O–H groups in total. The van der Waals surface area contributed by atoms with Crippen LogP contribution in [0.15, 0.2) is 49.8 Å². The molecule has 1 aliphatic heterocycles. The Balaban J connectivity index is 1.24. The van der Waals surface area contributed by atoms with Crippen LogP contribution in [0.5, 0.6) is 0 Å². The molecule has 13 heteroatoms. The third-order valence-corrected chi connectivity index (χ3v) is 4.71. The maximum atomic E-state index is 12.8. The minimum Gasteiger partial charge on any atom is -0.353 e. The first kappa shape index (κ1) is 17.8. The fourth-order valence-electron chi connectivity index (χ4n) is 3.15. The van der Waals surface area contributed by atoms with Crippen molar-refractivity contribution in [3.8, 4) is 11.6 Å². The van der Waals surface area contributed by atoms with Crippen molar-refractivity contribution in [2.75, 3.05) is 31.1 Å². The van der Waals surface area contributed by atoms with Crippen LogP contribution in [0.1, 0.15) is 10.5 Å². The van der Waals surface area contributed by atoms with Gasteiger partial charge in [-0.1, -0.05) is 0 Å². The minimum absolute atomic E-state index is 0.154. The number of nitrogens with zero attached hydrogens (tertiary/aromatic N) is 12. The summed E-state index contributed by atoms with van der Waals surface area (Å²) >= 11 is 0. The molecule has 0 radical (unpaired) electrons. The van der Waals surface area contributed by atoms with Gasteiger partial charge in [-0.2, -0.15) is 10.2 Å². The summed E-state index contributed by atoms with van der Waals surface area (Å²) in [7, 11) is 0. The van der Waals surface area contributed by atoms with Gasteiger partial charge >= 0.3 is 0 Å². The van der Waals surface area contributed by atoms with Crippen molar-refractivity contribution < 1.29 is 4.79 Å². The Bertz CT molecular complexity index is 1120. The number of hydrogen-bond acceptors (Lipinski definition) is 10. The molecule has 4 aromatic rings. The Labute approximate surface area is 170 Å². The molecule has 0 atom stereocenters. The lowest BCUT2D eigenvalue weighted by atomic mass is 10.2. The number of aromatic nitrogens is 10. The van der Waals surface area contributed by atoms with E-state index < -0.39 is 0 Å². The van der Waals surface area contributed by atoms with Gasteiger partial charge in [0.2, 0.25) is 0 Å². The van der Waals surface area contributed by atoms with Gasteiger partial charge < -0.3 is 9.80 Å². The largest absolute Gasteiger partial charge is 0.353 e. The Morgan fingerprint density at radius 3 is 2.10 bits per heavy atom. The Morgan fingerprint density at radius 1 is 0.767 bits per heavy atom. The summed E-state index contributed by atoms with van der Waals surface area (Å²) in [5.41, 5.74) is 0.294. The summed E-state index contributed by atoms with van der Waals surface area (Å²) in [6.07, 6.45) is 7.46. The van der Waals surface area contributed by atoms with E-state index in [4.69, 9.17) is 0 Å². The predicted molar refractivity (Wildman–Crippen MR) is 102 cm³/mol. The van der Waals surface area contributed by atoms with Crippen LogP contribution in [-0.2, 0) is 0 Å². The van der Waals surface area contributed by atoms with Crippen LogP contribution in [0.2, 0.25) is 0 Å². The molecule has 0 unspecified atom stereocenters. The van der Waals surface area contributed by atoms with E-state index in [1.165, 1.54) is 30.0 Å². The molecule has 5 rings (SSSR count). The van der Waals surface area contributed by atoms with Crippen LogP contribution in [0.25, 0.3) is 11.6 Å². The summed E-state index contributed by atoms with van der Waals surface area (Å²) in [5, 5.41) is 16.2. The summed E-state index contributed by atoms with van der Waals surface area (Å²) in [4.78, 5) is 33.0. The molecule has 0 spiro atoms. The predicted octanol–water partition coefficient (Wildman–Crippen LogP) is -0.610. The highest BCUT2D eigenvalue weighted by Gasteiger charge is 2.24. The van der Waals surface area contributed by atoms with Gasteiger partial charge in [0, 0.05) is 32.2 Å². The lowest BCUT2D eigenvalue weighted by Gasteiger charge is -2.35.